The van der Waals surface area contributed by atoms with Crippen molar-refractivity contribution in [1.29, 1.82) is 0 Å². The van der Waals surface area contributed by atoms with Crippen LogP contribution in [0.25, 0.3) is 0 Å². The topological polar surface area (TPSA) is 55.6 Å². The number of hydrogen-bond donors (Lipinski definition) is 1. The molecule has 0 bridgehead atoms. The van der Waals surface area contributed by atoms with Crippen molar-refractivity contribution in [3.63, 3.8) is 0 Å². The number of hydrazine groups is 1. The van der Waals surface area contributed by atoms with Gasteiger partial charge in [-0.2, -0.15) is 0 Å². The highest BCUT2D eigenvalue weighted by Gasteiger charge is 2.18. The van der Waals surface area contributed by atoms with Gasteiger partial charge < -0.3 is 4.74 Å². The Hall–Kier alpha value is -0.770. The van der Waals surface area contributed by atoms with Crippen molar-refractivity contribution in [3.8, 4) is 0 Å². The van der Waals surface area contributed by atoms with Crippen molar-refractivity contribution in [2.75, 3.05) is 7.05 Å². The van der Waals surface area contributed by atoms with Crippen LogP contribution in [0.4, 0.5) is 4.79 Å². The summed E-state index contributed by atoms with van der Waals surface area (Å²) in [5.41, 5.74) is 0. The number of carbonyl (C=O) groups excluding carboxylic acids is 1. The summed E-state index contributed by atoms with van der Waals surface area (Å²) in [4.78, 5) is 11.0. The molecule has 0 heterocycles. The van der Waals surface area contributed by atoms with Crippen molar-refractivity contribution >= 4 is 6.09 Å². The maximum atomic E-state index is 11.0. The Balaban J connectivity index is 2.24. The van der Waals surface area contributed by atoms with Gasteiger partial charge in [-0.1, -0.05) is 6.42 Å². The molecule has 0 atom stereocenters. The van der Waals surface area contributed by atoms with Crippen LogP contribution in [0.1, 0.15) is 32.1 Å². The highest BCUT2D eigenvalue weighted by molar-refractivity contribution is 5.66. The standard InChI is InChI=1S/C8H16N2O2/c1-10(9)8(11)12-7-5-3-2-4-6-7/h7H,2-6,9H2,1H3. The predicted octanol–water partition coefficient (Wildman–Crippen LogP) is 1.26. The molecule has 4 heteroatoms. The molecule has 0 radical (unpaired) electrons. The van der Waals surface area contributed by atoms with Crippen molar-refractivity contribution in [2.45, 2.75) is 38.2 Å². The molecule has 1 saturated carbocycles. The first-order chi connectivity index (χ1) is 5.70. The van der Waals surface area contributed by atoms with E-state index in [1.165, 1.54) is 13.5 Å². The molecule has 1 aliphatic carbocycles. The van der Waals surface area contributed by atoms with E-state index in [9.17, 15) is 4.79 Å². The van der Waals surface area contributed by atoms with Gasteiger partial charge in [-0.25, -0.2) is 15.6 Å². The van der Waals surface area contributed by atoms with E-state index in [0.29, 0.717) is 0 Å². The van der Waals surface area contributed by atoms with Gasteiger partial charge in [0.25, 0.3) is 0 Å². The lowest BCUT2D eigenvalue weighted by Crippen LogP contribution is -2.36. The molecule has 0 spiro atoms. The highest BCUT2D eigenvalue weighted by atomic mass is 16.6. The molecule has 12 heavy (non-hydrogen) atoms. The van der Waals surface area contributed by atoms with Crippen LogP contribution >= 0.6 is 0 Å². The minimum Gasteiger partial charge on any atom is -0.445 e. The smallest absolute Gasteiger partial charge is 0.424 e. The average Bonchev–Trinajstić information content (AvgIpc) is 2.06. The summed E-state index contributed by atoms with van der Waals surface area (Å²) >= 11 is 0. The lowest BCUT2D eigenvalue weighted by molar-refractivity contribution is 0.0511. The Bertz CT molecular complexity index is 153. The molecule has 4 nitrogen and oxygen atoms in total. The first kappa shape index (κ1) is 9.32. The fraction of sp³-hybridized carbons (Fsp3) is 0.875. The summed E-state index contributed by atoms with van der Waals surface area (Å²) in [5, 5.41) is 0.981. The number of nitrogens with two attached hydrogens (primary N) is 1. The molecular weight excluding hydrogens is 156 g/mol. The third kappa shape index (κ3) is 2.70. The van der Waals surface area contributed by atoms with Gasteiger partial charge in [-0.05, 0) is 25.7 Å². The molecule has 70 valence electrons. The zero-order chi connectivity index (χ0) is 8.97. The normalized spacial score (nSPS) is 18.8. The van der Waals surface area contributed by atoms with Crippen LogP contribution in [-0.4, -0.2) is 24.3 Å². The Morgan fingerprint density at radius 2 is 2.00 bits per heavy atom. The van der Waals surface area contributed by atoms with E-state index in [-0.39, 0.29) is 6.10 Å². The van der Waals surface area contributed by atoms with Crippen molar-refractivity contribution in [1.82, 2.24) is 5.01 Å². The molecule has 1 fully saturated rings. The summed E-state index contributed by atoms with van der Waals surface area (Å²) in [6.07, 6.45) is 5.21. The summed E-state index contributed by atoms with van der Waals surface area (Å²) in [7, 11) is 1.49. The molecule has 0 saturated heterocycles. The molecule has 1 aliphatic rings. The highest BCUT2D eigenvalue weighted by Crippen LogP contribution is 2.20. The average molecular weight is 172 g/mol. The molecule has 0 aromatic carbocycles. The van der Waals surface area contributed by atoms with Crippen LogP contribution in [0.2, 0.25) is 0 Å². The maximum Gasteiger partial charge on any atom is 0.424 e. The summed E-state index contributed by atoms with van der Waals surface area (Å²) in [5.74, 6) is 5.21. The van der Waals surface area contributed by atoms with E-state index in [1.807, 2.05) is 0 Å². The lowest BCUT2D eigenvalue weighted by Gasteiger charge is -2.23. The maximum absolute atomic E-state index is 11.0. The molecule has 0 aliphatic heterocycles. The Kier molecular flexibility index (Phi) is 3.34. The lowest BCUT2D eigenvalue weighted by atomic mass is 9.98. The number of carbonyl (C=O) groups is 1. The van der Waals surface area contributed by atoms with E-state index >= 15 is 0 Å². The third-order valence-corrected chi connectivity index (χ3v) is 2.11. The second kappa shape index (κ2) is 4.30. The van der Waals surface area contributed by atoms with E-state index in [1.54, 1.807) is 0 Å². The van der Waals surface area contributed by atoms with Crippen molar-refractivity contribution in [2.24, 2.45) is 5.84 Å². The minimum atomic E-state index is -0.429. The molecular formula is C8H16N2O2. The van der Waals surface area contributed by atoms with Gasteiger partial charge in [0.05, 0.1) is 0 Å². The van der Waals surface area contributed by atoms with Crippen molar-refractivity contribution < 1.29 is 9.53 Å². The van der Waals surface area contributed by atoms with Gasteiger partial charge in [0.15, 0.2) is 0 Å². The molecule has 0 aromatic rings. The monoisotopic (exact) mass is 172 g/mol. The number of hydrogen-bond acceptors (Lipinski definition) is 3. The van der Waals surface area contributed by atoms with Crippen LogP contribution in [0.5, 0.6) is 0 Å². The molecule has 1 rings (SSSR count). The molecule has 0 unspecified atom stereocenters. The first-order valence-electron chi connectivity index (χ1n) is 4.39. The summed E-state index contributed by atoms with van der Waals surface area (Å²) < 4.78 is 5.11. The van der Waals surface area contributed by atoms with E-state index in [2.05, 4.69) is 0 Å². The summed E-state index contributed by atoms with van der Waals surface area (Å²) in [6, 6.07) is 0. The fourth-order valence-corrected chi connectivity index (χ4v) is 1.41. The molecule has 0 aromatic heterocycles. The number of amides is 1. The zero-order valence-corrected chi connectivity index (χ0v) is 7.45. The Morgan fingerprint density at radius 3 is 2.50 bits per heavy atom. The molecule has 1 amide bonds. The van der Waals surface area contributed by atoms with Crippen LogP contribution in [0.15, 0.2) is 0 Å². The first-order valence-corrected chi connectivity index (χ1v) is 4.39. The van der Waals surface area contributed by atoms with E-state index in [0.717, 1.165) is 30.7 Å². The Morgan fingerprint density at radius 1 is 1.42 bits per heavy atom. The van der Waals surface area contributed by atoms with Crippen LogP contribution in [0.3, 0.4) is 0 Å². The van der Waals surface area contributed by atoms with Crippen LogP contribution in [0, 0.1) is 0 Å². The van der Waals surface area contributed by atoms with Gasteiger partial charge in [-0.15, -0.1) is 0 Å². The van der Waals surface area contributed by atoms with E-state index < -0.39 is 6.09 Å². The zero-order valence-electron chi connectivity index (χ0n) is 7.45. The number of rotatable bonds is 1. The SMILES string of the molecule is CN(N)C(=O)OC1CCCCC1. The second-order valence-electron chi connectivity index (χ2n) is 3.25. The van der Waals surface area contributed by atoms with Gasteiger partial charge in [-0.3, -0.25) is 0 Å². The third-order valence-electron chi connectivity index (χ3n) is 2.11. The van der Waals surface area contributed by atoms with Gasteiger partial charge in [0, 0.05) is 7.05 Å². The molecule has 2 N–H and O–H groups in total. The van der Waals surface area contributed by atoms with Crippen molar-refractivity contribution in [3.05, 3.63) is 0 Å². The van der Waals surface area contributed by atoms with Gasteiger partial charge in [0.1, 0.15) is 6.10 Å². The summed E-state index contributed by atoms with van der Waals surface area (Å²) in [6.45, 7) is 0. The fourth-order valence-electron chi connectivity index (χ4n) is 1.41. The predicted molar refractivity (Wildman–Crippen MR) is 45.3 cm³/mol. The number of nitrogens with zero attached hydrogens (tertiary/aromatic N) is 1. The largest absolute Gasteiger partial charge is 0.445 e. The van der Waals surface area contributed by atoms with E-state index in [4.69, 9.17) is 10.6 Å². The number of ether oxygens (including phenoxy) is 1. The minimum absolute atomic E-state index is 0.0947. The van der Waals surface area contributed by atoms with Gasteiger partial charge >= 0.3 is 6.09 Å². The van der Waals surface area contributed by atoms with Crippen LogP contribution in [-0.2, 0) is 4.74 Å². The Labute approximate surface area is 72.6 Å². The van der Waals surface area contributed by atoms with Crippen LogP contribution < -0.4 is 5.84 Å². The van der Waals surface area contributed by atoms with Gasteiger partial charge in [0.2, 0.25) is 0 Å². The second-order valence-corrected chi connectivity index (χ2v) is 3.25. The quantitative estimate of drug-likeness (QED) is 0.368.